The number of carbonyl (C=O) groups excluding carboxylic acids is 1. The number of carbonyl (C=O) groups is 1. The Bertz CT molecular complexity index is 282. The molecular weight excluding hydrogens is 198 g/mol. The van der Waals surface area contributed by atoms with Gasteiger partial charge in [-0.2, -0.15) is 0 Å². The third-order valence-electron chi connectivity index (χ3n) is 4.01. The van der Waals surface area contributed by atoms with E-state index < -0.39 is 0 Å². The Morgan fingerprint density at radius 1 is 1.12 bits per heavy atom. The average Bonchev–Trinajstić information content (AvgIpc) is 2.63. The summed E-state index contributed by atoms with van der Waals surface area (Å²) < 4.78 is 0. The van der Waals surface area contributed by atoms with Gasteiger partial charge in [0.1, 0.15) is 0 Å². The molecule has 0 aliphatic heterocycles. The van der Waals surface area contributed by atoms with E-state index in [2.05, 4.69) is 6.08 Å². The van der Waals surface area contributed by atoms with Crippen LogP contribution in [0.15, 0.2) is 11.6 Å². The Kier molecular flexibility index (Phi) is 4.16. The van der Waals surface area contributed by atoms with Crippen molar-refractivity contribution in [3.63, 3.8) is 0 Å². The lowest BCUT2D eigenvalue weighted by molar-refractivity contribution is -0.119. The van der Waals surface area contributed by atoms with Crippen molar-refractivity contribution in [1.29, 1.82) is 0 Å². The Morgan fingerprint density at radius 3 is 2.69 bits per heavy atom. The van der Waals surface area contributed by atoms with Crippen molar-refractivity contribution in [2.24, 2.45) is 11.7 Å². The van der Waals surface area contributed by atoms with Gasteiger partial charge < -0.3 is 5.73 Å². The van der Waals surface area contributed by atoms with Crippen LogP contribution < -0.4 is 5.73 Å². The minimum Gasteiger partial charge on any atom is -0.327 e. The zero-order chi connectivity index (χ0) is 11.4. The summed E-state index contributed by atoms with van der Waals surface area (Å²) in [7, 11) is 0. The minimum absolute atomic E-state index is 0.124. The van der Waals surface area contributed by atoms with Crippen molar-refractivity contribution in [3.8, 4) is 0 Å². The molecule has 2 nitrogen and oxygen atoms in total. The first-order valence-electron chi connectivity index (χ1n) is 6.78. The number of rotatable bonds is 2. The first-order valence-corrected chi connectivity index (χ1v) is 6.78. The van der Waals surface area contributed by atoms with E-state index >= 15 is 0 Å². The molecule has 0 radical (unpaired) electrons. The van der Waals surface area contributed by atoms with Crippen LogP contribution >= 0.6 is 0 Å². The van der Waals surface area contributed by atoms with E-state index in [4.69, 9.17) is 5.73 Å². The second-order valence-electron chi connectivity index (χ2n) is 5.25. The molecule has 2 heteroatoms. The average molecular weight is 221 g/mol. The van der Waals surface area contributed by atoms with E-state index in [0.717, 1.165) is 37.7 Å². The number of nitrogens with two attached hydrogens (primary N) is 1. The lowest BCUT2D eigenvalue weighted by atomic mass is 9.88. The summed E-state index contributed by atoms with van der Waals surface area (Å²) in [4.78, 5) is 12.3. The Labute approximate surface area is 98.3 Å². The topological polar surface area (TPSA) is 43.1 Å². The molecule has 0 heterocycles. The van der Waals surface area contributed by atoms with Crippen LogP contribution in [-0.4, -0.2) is 11.8 Å². The molecule has 0 saturated heterocycles. The first kappa shape index (κ1) is 11.8. The van der Waals surface area contributed by atoms with Crippen molar-refractivity contribution >= 4 is 5.78 Å². The standard InChI is InChI=1S/C14H23NO/c15-13-10-6-9-12(13)14(16)11-7-4-2-1-3-5-8-11/h7,12-13H,1-6,8-10,15H2. The van der Waals surface area contributed by atoms with Crippen LogP contribution in [0.2, 0.25) is 0 Å². The van der Waals surface area contributed by atoms with Gasteiger partial charge >= 0.3 is 0 Å². The number of hydrogen-bond donors (Lipinski definition) is 1. The molecule has 2 aliphatic carbocycles. The molecule has 2 unspecified atom stereocenters. The van der Waals surface area contributed by atoms with Gasteiger partial charge in [0.05, 0.1) is 0 Å². The van der Waals surface area contributed by atoms with Crippen LogP contribution in [0, 0.1) is 5.92 Å². The Hall–Kier alpha value is -0.630. The molecule has 2 aliphatic rings. The van der Waals surface area contributed by atoms with Crippen molar-refractivity contribution in [1.82, 2.24) is 0 Å². The number of allylic oxidation sites excluding steroid dienone is 2. The molecule has 2 atom stereocenters. The lowest BCUT2D eigenvalue weighted by Gasteiger charge is -2.17. The second-order valence-corrected chi connectivity index (χ2v) is 5.25. The fraction of sp³-hybridized carbons (Fsp3) is 0.786. The number of Topliss-reactive ketones (excluding diaryl/α,β-unsaturated/α-hetero) is 1. The Balaban J connectivity index is 2.01. The van der Waals surface area contributed by atoms with Crippen LogP contribution in [0.25, 0.3) is 0 Å². The molecule has 0 aromatic carbocycles. The maximum atomic E-state index is 12.3. The molecule has 1 fully saturated rings. The summed E-state index contributed by atoms with van der Waals surface area (Å²) in [5.74, 6) is 0.498. The molecule has 0 aromatic heterocycles. The highest BCUT2D eigenvalue weighted by atomic mass is 16.1. The van der Waals surface area contributed by atoms with Gasteiger partial charge in [-0.1, -0.05) is 25.3 Å². The predicted molar refractivity (Wildman–Crippen MR) is 66.1 cm³/mol. The van der Waals surface area contributed by atoms with Crippen molar-refractivity contribution in [2.75, 3.05) is 0 Å². The summed E-state index contributed by atoms with van der Waals surface area (Å²) in [5, 5.41) is 0. The third kappa shape index (κ3) is 2.73. The zero-order valence-electron chi connectivity index (χ0n) is 10.1. The SMILES string of the molecule is NC1CCCC1C(=O)C1=CCCCCCC1. The van der Waals surface area contributed by atoms with Gasteiger partial charge in [0, 0.05) is 12.0 Å². The summed E-state index contributed by atoms with van der Waals surface area (Å²) in [5.41, 5.74) is 7.09. The van der Waals surface area contributed by atoms with E-state index in [1.54, 1.807) is 0 Å². The van der Waals surface area contributed by atoms with E-state index in [0.29, 0.717) is 5.78 Å². The second kappa shape index (κ2) is 5.62. The van der Waals surface area contributed by atoms with Crippen molar-refractivity contribution in [3.05, 3.63) is 11.6 Å². The number of ketones is 1. The van der Waals surface area contributed by atoms with Crippen molar-refractivity contribution < 1.29 is 4.79 Å². The fourth-order valence-corrected chi connectivity index (χ4v) is 2.97. The molecule has 0 spiro atoms. The minimum atomic E-state index is 0.124. The van der Waals surface area contributed by atoms with E-state index in [1.165, 1.54) is 25.7 Å². The van der Waals surface area contributed by atoms with Gasteiger partial charge in [-0.3, -0.25) is 4.79 Å². The van der Waals surface area contributed by atoms with E-state index in [1.807, 2.05) is 0 Å². The fourth-order valence-electron chi connectivity index (χ4n) is 2.97. The normalized spacial score (nSPS) is 31.7. The van der Waals surface area contributed by atoms with E-state index in [-0.39, 0.29) is 12.0 Å². The van der Waals surface area contributed by atoms with Gasteiger partial charge in [-0.05, 0) is 44.1 Å². The predicted octanol–water partition coefficient (Wildman–Crippen LogP) is 2.96. The van der Waals surface area contributed by atoms with Crippen LogP contribution in [0.1, 0.15) is 57.8 Å². The molecule has 0 amide bonds. The lowest BCUT2D eigenvalue weighted by Crippen LogP contribution is -2.31. The first-order chi connectivity index (χ1) is 7.79. The van der Waals surface area contributed by atoms with Gasteiger partial charge in [-0.15, -0.1) is 0 Å². The monoisotopic (exact) mass is 221 g/mol. The highest BCUT2D eigenvalue weighted by Gasteiger charge is 2.31. The molecular formula is C14H23NO. The summed E-state index contributed by atoms with van der Waals surface area (Å²) >= 11 is 0. The molecule has 0 aromatic rings. The summed E-state index contributed by atoms with van der Waals surface area (Å²) in [6.07, 6.45) is 12.5. The quantitative estimate of drug-likeness (QED) is 0.779. The van der Waals surface area contributed by atoms with Gasteiger partial charge in [0.2, 0.25) is 0 Å². The molecule has 1 saturated carbocycles. The van der Waals surface area contributed by atoms with E-state index in [9.17, 15) is 4.79 Å². The van der Waals surface area contributed by atoms with Gasteiger partial charge in [0.25, 0.3) is 0 Å². The Morgan fingerprint density at radius 2 is 1.94 bits per heavy atom. The van der Waals surface area contributed by atoms with Crippen molar-refractivity contribution in [2.45, 2.75) is 63.8 Å². The summed E-state index contributed by atoms with van der Waals surface area (Å²) in [6.45, 7) is 0. The maximum absolute atomic E-state index is 12.3. The van der Waals surface area contributed by atoms with Gasteiger partial charge in [-0.25, -0.2) is 0 Å². The van der Waals surface area contributed by atoms with Crippen LogP contribution in [-0.2, 0) is 4.79 Å². The zero-order valence-corrected chi connectivity index (χ0v) is 10.1. The maximum Gasteiger partial charge on any atom is 0.163 e. The van der Waals surface area contributed by atoms with Crippen LogP contribution in [0.5, 0.6) is 0 Å². The molecule has 2 rings (SSSR count). The van der Waals surface area contributed by atoms with Gasteiger partial charge in [0.15, 0.2) is 5.78 Å². The molecule has 16 heavy (non-hydrogen) atoms. The van der Waals surface area contributed by atoms with Crippen LogP contribution in [0.3, 0.4) is 0 Å². The third-order valence-corrected chi connectivity index (χ3v) is 4.01. The molecule has 0 bridgehead atoms. The number of hydrogen-bond acceptors (Lipinski definition) is 2. The smallest absolute Gasteiger partial charge is 0.163 e. The summed E-state index contributed by atoms with van der Waals surface area (Å²) in [6, 6.07) is 0.124. The highest BCUT2D eigenvalue weighted by Crippen LogP contribution is 2.29. The molecule has 2 N–H and O–H groups in total. The largest absolute Gasteiger partial charge is 0.327 e. The van der Waals surface area contributed by atoms with Crippen LogP contribution in [0.4, 0.5) is 0 Å². The molecule has 90 valence electrons. The highest BCUT2D eigenvalue weighted by molar-refractivity contribution is 5.97.